The normalized spacial score (nSPS) is 11.2. The molecule has 3 rings (SSSR count). The molecule has 0 unspecified atom stereocenters. The number of hydrogen-bond acceptors (Lipinski definition) is 5. The fourth-order valence-electron chi connectivity index (χ4n) is 1.87. The molecule has 0 amide bonds. The predicted molar refractivity (Wildman–Crippen MR) is 87.1 cm³/mol. The molecule has 0 aliphatic carbocycles. The Balaban J connectivity index is 1.80. The van der Waals surface area contributed by atoms with Gasteiger partial charge >= 0.3 is 0 Å². The van der Waals surface area contributed by atoms with Gasteiger partial charge < -0.3 is 0 Å². The third kappa shape index (κ3) is 2.81. The van der Waals surface area contributed by atoms with Crippen LogP contribution in [-0.4, -0.2) is 26.1 Å². The van der Waals surface area contributed by atoms with Crippen molar-refractivity contribution in [3.8, 4) is 0 Å². The summed E-state index contributed by atoms with van der Waals surface area (Å²) in [7, 11) is 0. The van der Waals surface area contributed by atoms with Crippen molar-refractivity contribution >= 4 is 57.0 Å². The average molecular weight is 358 g/mol. The van der Waals surface area contributed by atoms with Gasteiger partial charge in [0.25, 0.3) is 0 Å². The minimum absolute atomic E-state index is 0.0192. The molecular formula is C13H9Cl2N3OS2. The number of hydrogen-bond donors (Lipinski definition) is 0. The van der Waals surface area contributed by atoms with Gasteiger partial charge in [0, 0.05) is 4.90 Å². The van der Waals surface area contributed by atoms with E-state index in [1.165, 1.54) is 29.4 Å². The van der Waals surface area contributed by atoms with Crippen molar-refractivity contribution in [3.05, 3.63) is 45.1 Å². The highest BCUT2D eigenvalue weighted by Crippen LogP contribution is 2.34. The lowest BCUT2D eigenvalue weighted by Crippen LogP contribution is -2.03. The highest BCUT2D eigenvalue weighted by Gasteiger charge is 2.18. The number of aromatic nitrogens is 3. The van der Waals surface area contributed by atoms with E-state index in [4.69, 9.17) is 23.2 Å². The van der Waals surface area contributed by atoms with Crippen molar-refractivity contribution in [2.45, 2.75) is 11.8 Å². The molecule has 4 nitrogen and oxygen atoms in total. The van der Waals surface area contributed by atoms with Crippen LogP contribution in [0.2, 0.25) is 10.0 Å². The third-order valence-corrected chi connectivity index (χ3v) is 6.05. The molecular weight excluding hydrogens is 349 g/mol. The SMILES string of the molecule is Cc1c(C(=O)CSc2c(Cl)cccc2Cl)sc2ncnn12. The molecule has 2 heterocycles. The molecule has 21 heavy (non-hydrogen) atoms. The van der Waals surface area contributed by atoms with E-state index in [0.717, 1.165) is 15.6 Å². The molecule has 0 bridgehead atoms. The summed E-state index contributed by atoms with van der Waals surface area (Å²) in [6.07, 6.45) is 1.48. The van der Waals surface area contributed by atoms with Crippen molar-refractivity contribution in [1.82, 2.24) is 14.6 Å². The van der Waals surface area contributed by atoms with Crippen molar-refractivity contribution in [1.29, 1.82) is 0 Å². The number of halogens is 2. The molecule has 1 aromatic carbocycles. The first kappa shape index (κ1) is 14.8. The van der Waals surface area contributed by atoms with Crippen LogP contribution < -0.4 is 0 Å². The molecule has 0 radical (unpaired) electrons. The van der Waals surface area contributed by atoms with E-state index in [9.17, 15) is 4.79 Å². The highest BCUT2D eigenvalue weighted by atomic mass is 35.5. The number of Topliss-reactive ketones (excluding diaryl/α,β-unsaturated/α-hetero) is 1. The lowest BCUT2D eigenvalue weighted by atomic mass is 10.3. The molecule has 0 saturated carbocycles. The number of carbonyl (C=O) groups is 1. The maximum absolute atomic E-state index is 12.4. The van der Waals surface area contributed by atoms with Crippen molar-refractivity contribution in [3.63, 3.8) is 0 Å². The maximum Gasteiger partial charge on any atom is 0.212 e. The molecule has 8 heteroatoms. The fourth-order valence-corrected chi connectivity index (χ4v) is 4.50. The number of aryl methyl sites for hydroxylation is 1. The average Bonchev–Trinajstić information content (AvgIpc) is 3.01. The fraction of sp³-hybridized carbons (Fsp3) is 0.154. The molecule has 0 spiro atoms. The van der Waals surface area contributed by atoms with Gasteiger partial charge in [-0.05, 0) is 19.1 Å². The van der Waals surface area contributed by atoms with E-state index >= 15 is 0 Å². The molecule has 0 atom stereocenters. The highest BCUT2D eigenvalue weighted by molar-refractivity contribution is 8.00. The van der Waals surface area contributed by atoms with Crippen LogP contribution >= 0.6 is 46.3 Å². The van der Waals surface area contributed by atoms with Gasteiger partial charge in [-0.2, -0.15) is 5.10 Å². The second-order valence-electron chi connectivity index (χ2n) is 4.23. The summed E-state index contributed by atoms with van der Waals surface area (Å²) >= 11 is 14.9. The first-order valence-corrected chi connectivity index (χ1v) is 8.53. The summed E-state index contributed by atoms with van der Waals surface area (Å²) < 4.78 is 1.67. The van der Waals surface area contributed by atoms with Crippen molar-refractivity contribution < 1.29 is 4.79 Å². The number of thioether (sulfide) groups is 1. The van der Waals surface area contributed by atoms with Gasteiger partial charge in [-0.1, -0.05) is 40.6 Å². The van der Waals surface area contributed by atoms with Gasteiger partial charge in [0.1, 0.15) is 6.33 Å². The second kappa shape index (κ2) is 5.96. The van der Waals surface area contributed by atoms with Crippen molar-refractivity contribution in [2.75, 3.05) is 5.75 Å². The van der Waals surface area contributed by atoms with Crippen LogP contribution in [0, 0.1) is 6.92 Å². The Bertz CT molecular complexity index is 808. The topological polar surface area (TPSA) is 47.3 Å². The molecule has 0 fully saturated rings. The van der Waals surface area contributed by atoms with Crippen LogP contribution in [0.25, 0.3) is 4.96 Å². The number of nitrogens with zero attached hydrogens (tertiary/aromatic N) is 3. The summed E-state index contributed by atoms with van der Waals surface area (Å²) in [5.41, 5.74) is 0.809. The number of thiazole rings is 1. The van der Waals surface area contributed by atoms with Crippen LogP contribution in [0.15, 0.2) is 29.4 Å². The van der Waals surface area contributed by atoms with E-state index in [-0.39, 0.29) is 11.5 Å². The minimum atomic E-state index is 0.0192. The Morgan fingerprint density at radius 3 is 2.76 bits per heavy atom. The van der Waals surface area contributed by atoms with E-state index in [2.05, 4.69) is 10.1 Å². The van der Waals surface area contributed by atoms with Crippen LogP contribution in [-0.2, 0) is 0 Å². The van der Waals surface area contributed by atoms with E-state index in [0.29, 0.717) is 14.9 Å². The second-order valence-corrected chi connectivity index (χ2v) is 7.01. The summed E-state index contributed by atoms with van der Waals surface area (Å²) in [6.45, 7) is 1.86. The largest absolute Gasteiger partial charge is 0.292 e. The maximum atomic E-state index is 12.4. The molecule has 0 saturated heterocycles. The third-order valence-electron chi connectivity index (χ3n) is 2.88. The van der Waals surface area contributed by atoms with Gasteiger partial charge in [0.05, 0.1) is 26.4 Å². The summed E-state index contributed by atoms with van der Waals surface area (Å²) in [6, 6.07) is 5.30. The van der Waals surface area contributed by atoms with Crippen LogP contribution in [0.1, 0.15) is 15.4 Å². The van der Waals surface area contributed by atoms with Crippen LogP contribution in [0.3, 0.4) is 0 Å². The zero-order valence-corrected chi connectivity index (χ0v) is 14.0. The Hall–Kier alpha value is -1.08. The first-order chi connectivity index (χ1) is 10.1. The summed E-state index contributed by atoms with van der Waals surface area (Å²) in [5, 5.41) is 5.19. The molecule has 108 valence electrons. The van der Waals surface area contributed by atoms with Crippen LogP contribution in [0.5, 0.6) is 0 Å². The van der Waals surface area contributed by atoms with Gasteiger partial charge in [-0.25, -0.2) is 9.50 Å². The Kier molecular flexibility index (Phi) is 4.21. The van der Waals surface area contributed by atoms with Crippen molar-refractivity contribution in [2.24, 2.45) is 0 Å². The Morgan fingerprint density at radius 1 is 1.38 bits per heavy atom. The molecule has 0 aliphatic heterocycles. The zero-order valence-electron chi connectivity index (χ0n) is 10.8. The summed E-state index contributed by atoms with van der Waals surface area (Å²) in [4.78, 5) is 18.6. The van der Waals surface area contributed by atoms with E-state index < -0.39 is 0 Å². The zero-order chi connectivity index (χ0) is 15.0. The quantitative estimate of drug-likeness (QED) is 0.513. The molecule has 2 aromatic heterocycles. The molecule has 3 aromatic rings. The lowest BCUT2D eigenvalue weighted by Gasteiger charge is -2.05. The van der Waals surface area contributed by atoms with Gasteiger partial charge in [-0.15, -0.1) is 11.8 Å². The summed E-state index contributed by atoms with van der Waals surface area (Å²) in [5.74, 6) is 0.291. The number of ketones is 1. The number of fused-ring (bicyclic) bond motifs is 1. The van der Waals surface area contributed by atoms with Gasteiger partial charge in [-0.3, -0.25) is 4.79 Å². The monoisotopic (exact) mass is 357 g/mol. The number of benzene rings is 1. The van der Waals surface area contributed by atoms with Crippen LogP contribution in [0.4, 0.5) is 0 Å². The Labute approximate surface area is 139 Å². The van der Waals surface area contributed by atoms with Gasteiger partial charge in [0.2, 0.25) is 4.96 Å². The molecule has 0 N–H and O–H groups in total. The predicted octanol–water partition coefficient (Wildman–Crippen LogP) is 4.38. The number of rotatable bonds is 4. The number of carbonyl (C=O) groups excluding carboxylic acids is 1. The lowest BCUT2D eigenvalue weighted by molar-refractivity contribution is 0.102. The first-order valence-electron chi connectivity index (χ1n) is 5.97. The van der Waals surface area contributed by atoms with E-state index in [1.54, 1.807) is 22.7 Å². The van der Waals surface area contributed by atoms with Gasteiger partial charge in [0.15, 0.2) is 5.78 Å². The standard InChI is InChI=1S/C13H9Cl2N3OS2/c1-7-11(21-13-16-6-17-18(7)13)10(19)5-20-12-8(14)3-2-4-9(12)15/h2-4,6H,5H2,1H3. The minimum Gasteiger partial charge on any atom is -0.292 e. The smallest absolute Gasteiger partial charge is 0.212 e. The Morgan fingerprint density at radius 2 is 2.10 bits per heavy atom. The molecule has 0 aliphatic rings. The van der Waals surface area contributed by atoms with E-state index in [1.807, 2.05) is 6.92 Å².